The molecule has 0 amide bonds. The molecule has 2 aromatic carbocycles. The van der Waals surface area contributed by atoms with Gasteiger partial charge < -0.3 is 18.8 Å². The smallest absolute Gasteiger partial charge is 0.342 e. The van der Waals surface area contributed by atoms with Crippen molar-refractivity contribution in [2.24, 2.45) is 0 Å². The van der Waals surface area contributed by atoms with E-state index in [-0.39, 0.29) is 16.0 Å². The number of nitrogens with zero attached hydrogens (tertiary/aromatic N) is 3. The number of thioether (sulfide) groups is 1. The molecule has 0 aliphatic carbocycles. The lowest BCUT2D eigenvalue weighted by Crippen LogP contribution is -2.08. The number of aryl methyl sites for hydroxylation is 1. The molecule has 0 bridgehead atoms. The van der Waals surface area contributed by atoms with Gasteiger partial charge in [-0.2, -0.15) is 0 Å². The minimum Gasteiger partial charge on any atom is -0.477 e. The van der Waals surface area contributed by atoms with Crippen LogP contribution in [0.1, 0.15) is 32.9 Å². The third kappa shape index (κ3) is 5.07. The number of ether oxygens (including phenoxy) is 1. The third-order valence-corrected chi connectivity index (χ3v) is 6.72. The number of carboxylic acids is 1. The maximum Gasteiger partial charge on any atom is 0.342 e. The Morgan fingerprint density at radius 3 is 2.50 bits per heavy atom. The van der Waals surface area contributed by atoms with Crippen molar-refractivity contribution in [3.8, 4) is 17.1 Å². The molecular formula is C26H22ClN3O5S. The molecule has 0 unspecified atom stereocenters. The summed E-state index contributed by atoms with van der Waals surface area (Å²) in [6, 6.07) is 14.2. The minimum atomic E-state index is -1.13. The summed E-state index contributed by atoms with van der Waals surface area (Å²) in [4.78, 5) is 24.2. The van der Waals surface area contributed by atoms with Gasteiger partial charge in [0.25, 0.3) is 5.22 Å². The Hall–Kier alpha value is -3.82. The number of benzene rings is 2. The number of halogens is 1. The number of rotatable bonds is 7. The van der Waals surface area contributed by atoms with E-state index < -0.39 is 11.9 Å². The first-order valence-corrected chi connectivity index (χ1v) is 12.0. The van der Waals surface area contributed by atoms with Gasteiger partial charge in [-0.15, -0.1) is 10.2 Å². The second-order valence-electron chi connectivity index (χ2n) is 7.90. The van der Waals surface area contributed by atoms with Crippen molar-refractivity contribution in [2.75, 3.05) is 7.11 Å². The number of aromatic nitrogens is 3. The summed E-state index contributed by atoms with van der Waals surface area (Å²) in [5.41, 5.74) is 5.10. The summed E-state index contributed by atoms with van der Waals surface area (Å²) < 4.78 is 12.5. The van der Waals surface area contributed by atoms with Crippen LogP contribution < -0.4 is 0 Å². The van der Waals surface area contributed by atoms with Gasteiger partial charge in [0, 0.05) is 27.7 Å². The maximum atomic E-state index is 12.2. The predicted octanol–water partition coefficient (Wildman–Crippen LogP) is 6.11. The molecule has 4 aromatic rings. The first-order valence-electron chi connectivity index (χ1n) is 10.8. The van der Waals surface area contributed by atoms with Crippen LogP contribution in [0, 0.1) is 20.8 Å². The van der Waals surface area contributed by atoms with E-state index in [9.17, 15) is 14.7 Å². The van der Waals surface area contributed by atoms with E-state index in [0.717, 1.165) is 34.4 Å². The van der Waals surface area contributed by atoms with Gasteiger partial charge >= 0.3 is 11.9 Å². The molecule has 0 aliphatic rings. The fraction of sp³-hybridized carbons (Fsp3) is 0.154. The zero-order valence-corrected chi connectivity index (χ0v) is 21.5. The molecule has 0 radical (unpaired) electrons. The molecule has 0 saturated carbocycles. The molecule has 2 heterocycles. The molecule has 0 spiro atoms. The van der Waals surface area contributed by atoms with E-state index in [0.29, 0.717) is 21.7 Å². The highest BCUT2D eigenvalue weighted by Gasteiger charge is 2.20. The topological polar surface area (TPSA) is 107 Å². The zero-order chi connectivity index (χ0) is 26.0. The van der Waals surface area contributed by atoms with E-state index in [1.54, 1.807) is 42.5 Å². The lowest BCUT2D eigenvalue weighted by atomic mass is 10.1. The monoisotopic (exact) mass is 523 g/mol. The second-order valence-corrected chi connectivity index (χ2v) is 9.33. The molecular weight excluding hydrogens is 502 g/mol. The van der Waals surface area contributed by atoms with Crippen molar-refractivity contribution in [3.05, 3.63) is 86.5 Å². The summed E-state index contributed by atoms with van der Waals surface area (Å²) in [5.74, 6) is -1.28. The summed E-state index contributed by atoms with van der Waals surface area (Å²) >= 11 is 6.79. The van der Waals surface area contributed by atoms with Gasteiger partial charge in [-0.05, 0) is 92.2 Å². The Morgan fingerprint density at radius 2 is 1.83 bits per heavy atom. The molecule has 0 atom stereocenters. The number of hydrogen-bond acceptors (Lipinski definition) is 7. The van der Waals surface area contributed by atoms with E-state index in [1.165, 1.54) is 7.11 Å². The lowest BCUT2D eigenvalue weighted by molar-refractivity contribution is -0.131. The fourth-order valence-corrected chi connectivity index (χ4v) is 4.62. The highest BCUT2D eigenvalue weighted by molar-refractivity contribution is 8.03. The van der Waals surface area contributed by atoms with Gasteiger partial charge in [0.2, 0.25) is 5.89 Å². The van der Waals surface area contributed by atoms with Gasteiger partial charge in [-0.3, -0.25) is 0 Å². The molecule has 2 aromatic heterocycles. The van der Waals surface area contributed by atoms with E-state index >= 15 is 0 Å². The average Bonchev–Trinajstić information content (AvgIpc) is 3.43. The molecule has 0 aliphatic heterocycles. The molecule has 1 N–H and O–H groups in total. The summed E-state index contributed by atoms with van der Waals surface area (Å²) in [5, 5.41) is 18.5. The van der Waals surface area contributed by atoms with E-state index in [1.807, 2.05) is 37.5 Å². The predicted molar refractivity (Wildman–Crippen MR) is 138 cm³/mol. The molecule has 10 heteroatoms. The number of methoxy groups -OCH3 is 1. The minimum absolute atomic E-state index is 0.0154. The van der Waals surface area contributed by atoms with Crippen molar-refractivity contribution < 1.29 is 23.8 Å². The summed E-state index contributed by atoms with van der Waals surface area (Å²) in [7, 11) is 1.34. The average molecular weight is 524 g/mol. The van der Waals surface area contributed by atoms with Gasteiger partial charge in [0.15, 0.2) is 0 Å². The van der Waals surface area contributed by atoms with Gasteiger partial charge in [0.05, 0.1) is 12.7 Å². The number of esters is 1. The number of carbonyl (C=O) groups excluding carboxylic acids is 1. The van der Waals surface area contributed by atoms with E-state index in [2.05, 4.69) is 10.2 Å². The van der Waals surface area contributed by atoms with E-state index in [4.69, 9.17) is 20.8 Å². The molecule has 36 heavy (non-hydrogen) atoms. The second kappa shape index (κ2) is 10.4. The highest BCUT2D eigenvalue weighted by atomic mass is 35.5. The van der Waals surface area contributed by atoms with Crippen molar-refractivity contribution >= 4 is 41.4 Å². The van der Waals surface area contributed by atoms with Crippen molar-refractivity contribution in [2.45, 2.75) is 26.0 Å². The normalized spacial score (nSPS) is 11.5. The highest BCUT2D eigenvalue weighted by Crippen LogP contribution is 2.32. The van der Waals surface area contributed by atoms with Gasteiger partial charge in [0.1, 0.15) is 4.91 Å². The van der Waals surface area contributed by atoms with Crippen LogP contribution in [0.15, 0.2) is 63.1 Å². The number of aliphatic carboxylic acids is 1. The van der Waals surface area contributed by atoms with Crippen LogP contribution in [0.25, 0.3) is 23.2 Å². The standard InChI is InChI=1S/C26H22ClN3O5S/c1-14-12-18(16(3)30(14)21-7-5-6-20(15(21)2)25(33)34-4)13-22(24(31)32)36-26-29-28-23(35-26)17-8-10-19(27)11-9-17/h5-13H,1-4H3,(H,31,32)/b22-13+. The Bertz CT molecular complexity index is 1490. The fourth-order valence-electron chi connectivity index (χ4n) is 3.83. The largest absolute Gasteiger partial charge is 0.477 e. The lowest BCUT2D eigenvalue weighted by Gasteiger charge is -2.15. The quantitative estimate of drug-likeness (QED) is 0.175. The number of carboxylic acid groups (broad SMARTS) is 1. The molecule has 0 saturated heterocycles. The van der Waals surface area contributed by atoms with Crippen LogP contribution >= 0.6 is 23.4 Å². The van der Waals surface area contributed by atoms with Crippen molar-refractivity contribution in [3.63, 3.8) is 0 Å². The Balaban J connectivity index is 1.68. The Labute approximate surface area is 216 Å². The van der Waals surface area contributed by atoms with Crippen LogP contribution in [-0.4, -0.2) is 38.9 Å². The van der Waals surface area contributed by atoms with Crippen LogP contribution in [0.3, 0.4) is 0 Å². The third-order valence-electron chi connectivity index (χ3n) is 5.61. The van der Waals surface area contributed by atoms with Crippen LogP contribution in [-0.2, 0) is 9.53 Å². The zero-order valence-electron chi connectivity index (χ0n) is 19.9. The van der Waals surface area contributed by atoms with Crippen LogP contribution in [0.2, 0.25) is 5.02 Å². The van der Waals surface area contributed by atoms with Crippen molar-refractivity contribution in [1.82, 2.24) is 14.8 Å². The maximum absolute atomic E-state index is 12.2. The SMILES string of the molecule is COC(=O)c1cccc(-n2c(C)cc(/C=C(/Sc3nnc(-c4ccc(Cl)cc4)o3)C(=O)O)c2C)c1C. The van der Waals surface area contributed by atoms with Crippen molar-refractivity contribution in [1.29, 1.82) is 0 Å². The summed E-state index contributed by atoms with van der Waals surface area (Å²) in [6.45, 7) is 5.65. The van der Waals surface area contributed by atoms with Gasteiger partial charge in [-0.1, -0.05) is 17.7 Å². The number of carbonyl (C=O) groups is 2. The van der Waals surface area contributed by atoms with Crippen LogP contribution in [0.5, 0.6) is 0 Å². The molecule has 4 rings (SSSR count). The van der Waals surface area contributed by atoms with Gasteiger partial charge in [-0.25, -0.2) is 9.59 Å². The Morgan fingerprint density at radius 1 is 1.11 bits per heavy atom. The molecule has 184 valence electrons. The van der Waals surface area contributed by atoms with Crippen LogP contribution in [0.4, 0.5) is 0 Å². The first-order chi connectivity index (χ1) is 17.2. The number of hydrogen-bond donors (Lipinski definition) is 1. The molecule has 0 fully saturated rings. The summed E-state index contributed by atoms with van der Waals surface area (Å²) in [6.07, 6.45) is 1.57. The Kier molecular flexibility index (Phi) is 7.32. The molecule has 8 nitrogen and oxygen atoms in total. The first kappa shape index (κ1) is 25.3.